The molecule has 3 N–H and O–H groups in total. The van der Waals surface area contributed by atoms with Crippen molar-refractivity contribution in [2.45, 2.75) is 26.4 Å². The number of nitrogens with two attached hydrogens (primary N) is 1. The quantitative estimate of drug-likeness (QED) is 0.867. The van der Waals surface area contributed by atoms with Gasteiger partial charge in [-0.1, -0.05) is 11.6 Å². The van der Waals surface area contributed by atoms with Crippen molar-refractivity contribution >= 4 is 29.3 Å². The summed E-state index contributed by atoms with van der Waals surface area (Å²) in [6, 6.07) is 4.40. The van der Waals surface area contributed by atoms with Gasteiger partial charge >= 0.3 is 6.09 Å². The molecule has 98 valence electrons. The van der Waals surface area contributed by atoms with Crippen LogP contribution < -0.4 is 11.1 Å². The van der Waals surface area contributed by atoms with Gasteiger partial charge in [0.15, 0.2) is 0 Å². The molecule has 0 aromatic heterocycles. The molecule has 0 aliphatic carbocycles. The number of anilines is 1. The van der Waals surface area contributed by atoms with E-state index in [0.717, 1.165) is 0 Å². The van der Waals surface area contributed by atoms with Gasteiger partial charge in [0.2, 0.25) is 5.91 Å². The maximum Gasteiger partial charge on any atom is 0.412 e. The lowest BCUT2D eigenvalue weighted by molar-refractivity contribution is 0.0636. The zero-order valence-electron chi connectivity index (χ0n) is 10.4. The Bertz CT molecular complexity index is 481. The van der Waals surface area contributed by atoms with Crippen LogP contribution in [0.2, 0.25) is 5.02 Å². The van der Waals surface area contributed by atoms with Crippen LogP contribution in [0, 0.1) is 0 Å². The van der Waals surface area contributed by atoms with Crippen molar-refractivity contribution in [1.82, 2.24) is 0 Å². The monoisotopic (exact) mass is 270 g/mol. The lowest BCUT2D eigenvalue weighted by atomic mass is 10.2. The second-order valence-electron chi connectivity index (χ2n) is 4.69. The van der Waals surface area contributed by atoms with Gasteiger partial charge in [0, 0.05) is 5.69 Å². The van der Waals surface area contributed by atoms with E-state index in [1.54, 1.807) is 20.8 Å². The van der Waals surface area contributed by atoms with E-state index >= 15 is 0 Å². The lowest BCUT2D eigenvalue weighted by Crippen LogP contribution is -2.27. The zero-order chi connectivity index (χ0) is 13.9. The molecule has 6 heteroatoms. The third-order valence-corrected chi connectivity index (χ3v) is 2.19. The number of carbonyl (C=O) groups is 2. The Morgan fingerprint density at radius 3 is 2.39 bits per heavy atom. The smallest absolute Gasteiger partial charge is 0.412 e. The third-order valence-electron chi connectivity index (χ3n) is 1.88. The number of hydrogen-bond acceptors (Lipinski definition) is 3. The topological polar surface area (TPSA) is 81.4 Å². The van der Waals surface area contributed by atoms with Crippen LogP contribution in [0.15, 0.2) is 18.2 Å². The van der Waals surface area contributed by atoms with E-state index in [1.807, 2.05) is 0 Å². The molecule has 0 unspecified atom stereocenters. The van der Waals surface area contributed by atoms with Crippen LogP contribution in [0.5, 0.6) is 0 Å². The molecule has 0 saturated carbocycles. The Morgan fingerprint density at radius 2 is 1.94 bits per heavy atom. The van der Waals surface area contributed by atoms with Gasteiger partial charge in [0.1, 0.15) is 5.60 Å². The van der Waals surface area contributed by atoms with Crippen LogP contribution in [0.1, 0.15) is 31.1 Å². The normalized spacial score (nSPS) is 10.9. The molecule has 0 aliphatic rings. The molecule has 0 saturated heterocycles. The van der Waals surface area contributed by atoms with Crippen molar-refractivity contribution in [1.29, 1.82) is 0 Å². The molecule has 1 rings (SSSR count). The molecule has 2 amide bonds. The molecule has 0 spiro atoms. The van der Waals surface area contributed by atoms with Crippen LogP contribution in [0.3, 0.4) is 0 Å². The van der Waals surface area contributed by atoms with Crippen LogP contribution in [-0.4, -0.2) is 17.6 Å². The first-order valence-electron chi connectivity index (χ1n) is 5.28. The summed E-state index contributed by atoms with van der Waals surface area (Å²) in [5, 5.41) is 2.68. The number of halogens is 1. The maximum atomic E-state index is 11.5. The number of rotatable bonds is 2. The summed E-state index contributed by atoms with van der Waals surface area (Å²) in [6.45, 7) is 5.28. The summed E-state index contributed by atoms with van der Waals surface area (Å²) in [5.74, 6) is -0.621. The van der Waals surface area contributed by atoms with Crippen LogP contribution >= 0.6 is 11.6 Å². The summed E-state index contributed by atoms with van der Waals surface area (Å²) in [5.41, 5.74) is 5.16. The maximum absolute atomic E-state index is 11.5. The standard InChI is InChI=1S/C12H15ClN2O3/c1-12(2,3)18-11(17)15-7-4-5-8(10(14)16)9(13)6-7/h4-6H,1-3H3,(H2,14,16)(H,15,17). The number of benzene rings is 1. The average Bonchev–Trinajstić information content (AvgIpc) is 2.13. The first-order valence-corrected chi connectivity index (χ1v) is 5.66. The van der Waals surface area contributed by atoms with Crippen LogP contribution in [0.25, 0.3) is 0 Å². The Balaban J connectivity index is 2.78. The first-order chi connectivity index (χ1) is 8.19. The molecular formula is C12H15ClN2O3. The summed E-state index contributed by atoms with van der Waals surface area (Å²) >= 11 is 5.85. The van der Waals surface area contributed by atoms with Gasteiger partial charge in [-0.05, 0) is 39.0 Å². The van der Waals surface area contributed by atoms with E-state index < -0.39 is 17.6 Å². The highest BCUT2D eigenvalue weighted by Crippen LogP contribution is 2.21. The third kappa shape index (κ3) is 4.25. The fourth-order valence-electron chi connectivity index (χ4n) is 1.21. The minimum Gasteiger partial charge on any atom is -0.444 e. The Morgan fingerprint density at radius 1 is 1.33 bits per heavy atom. The van der Waals surface area contributed by atoms with Gasteiger partial charge in [0.05, 0.1) is 10.6 Å². The molecule has 0 fully saturated rings. The molecule has 0 bridgehead atoms. The van der Waals surface area contributed by atoms with Gasteiger partial charge in [-0.3, -0.25) is 10.1 Å². The van der Waals surface area contributed by atoms with Crippen molar-refractivity contribution in [2.75, 3.05) is 5.32 Å². The molecule has 1 aromatic carbocycles. The predicted molar refractivity (Wildman–Crippen MR) is 69.8 cm³/mol. The molecule has 0 radical (unpaired) electrons. The largest absolute Gasteiger partial charge is 0.444 e. The van der Waals surface area contributed by atoms with E-state index in [9.17, 15) is 9.59 Å². The Kier molecular flexibility index (Phi) is 4.19. The SMILES string of the molecule is CC(C)(C)OC(=O)Nc1ccc(C(N)=O)c(Cl)c1. The highest BCUT2D eigenvalue weighted by molar-refractivity contribution is 6.34. The van der Waals surface area contributed by atoms with Crippen molar-refractivity contribution in [2.24, 2.45) is 5.73 Å². The van der Waals surface area contributed by atoms with E-state index in [2.05, 4.69) is 5.32 Å². The minimum atomic E-state index is -0.621. The van der Waals surface area contributed by atoms with Crippen molar-refractivity contribution in [3.05, 3.63) is 28.8 Å². The fourth-order valence-corrected chi connectivity index (χ4v) is 1.49. The summed E-state index contributed by atoms with van der Waals surface area (Å²) in [7, 11) is 0. The summed E-state index contributed by atoms with van der Waals surface area (Å²) in [6.07, 6.45) is -0.592. The number of ether oxygens (including phenoxy) is 1. The number of nitrogens with one attached hydrogen (secondary N) is 1. The Labute approximate surface area is 110 Å². The second-order valence-corrected chi connectivity index (χ2v) is 5.09. The van der Waals surface area contributed by atoms with Gasteiger partial charge < -0.3 is 10.5 Å². The zero-order valence-corrected chi connectivity index (χ0v) is 11.2. The first kappa shape index (κ1) is 14.3. The highest BCUT2D eigenvalue weighted by atomic mass is 35.5. The number of primary amides is 1. The van der Waals surface area contributed by atoms with Crippen LogP contribution in [0.4, 0.5) is 10.5 Å². The lowest BCUT2D eigenvalue weighted by Gasteiger charge is -2.19. The van der Waals surface area contributed by atoms with E-state index in [4.69, 9.17) is 22.1 Å². The summed E-state index contributed by atoms with van der Waals surface area (Å²) < 4.78 is 5.07. The number of carbonyl (C=O) groups excluding carboxylic acids is 2. The Hall–Kier alpha value is -1.75. The molecule has 18 heavy (non-hydrogen) atoms. The summed E-state index contributed by atoms with van der Waals surface area (Å²) in [4.78, 5) is 22.5. The highest BCUT2D eigenvalue weighted by Gasteiger charge is 2.16. The van der Waals surface area contributed by atoms with Gasteiger partial charge in [0.25, 0.3) is 0 Å². The number of amides is 2. The van der Waals surface area contributed by atoms with E-state index in [-0.39, 0.29) is 10.6 Å². The minimum absolute atomic E-state index is 0.177. The van der Waals surface area contributed by atoms with Gasteiger partial charge in [-0.25, -0.2) is 4.79 Å². The van der Waals surface area contributed by atoms with Gasteiger partial charge in [-0.15, -0.1) is 0 Å². The van der Waals surface area contributed by atoms with Gasteiger partial charge in [-0.2, -0.15) is 0 Å². The number of hydrogen-bond donors (Lipinski definition) is 2. The predicted octanol–water partition coefficient (Wildman–Crippen LogP) is 2.79. The molecule has 0 heterocycles. The van der Waals surface area contributed by atoms with Crippen LogP contribution in [-0.2, 0) is 4.74 Å². The van der Waals surface area contributed by atoms with Crippen molar-refractivity contribution < 1.29 is 14.3 Å². The van der Waals surface area contributed by atoms with Crippen molar-refractivity contribution in [3.63, 3.8) is 0 Å². The second kappa shape index (κ2) is 5.27. The van der Waals surface area contributed by atoms with Crippen molar-refractivity contribution in [3.8, 4) is 0 Å². The molecule has 5 nitrogen and oxygen atoms in total. The fraction of sp³-hybridized carbons (Fsp3) is 0.333. The molecule has 1 aromatic rings. The van der Waals surface area contributed by atoms with E-state index in [0.29, 0.717) is 5.69 Å². The average molecular weight is 271 g/mol. The van der Waals surface area contributed by atoms with E-state index in [1.165, 1.54) is 18.2 Å². The molecular weight excluding hydrogens is 256 g/mol. The molecule has 0 aliphatic heterocycles. The molecule has 0 atom stereocenters.